The third-order valence-electron chi connectivity index (χ3n) is 2.17. The highest BCUT2D eigenvalue weighted by molar-refractivity contribution is 7.98. The van der Waals surface area contributed by atoms with E-state index in [-0.39, 0.29) is 12.5 Å². The van der Waals surface area contributed by atoms with E-state index < -0.39 is 0 Å². The van der Waals surface area contributed by atoms with Crippen LogP contribution in [-0.4, -0.2) is 32.4 Å². The molecule has 0 aromatic heterocycles. The Morgan fingerprint density at radius 2 is 2.06 bits per heavy atom. The highest BCUT2D eigenvalue weighted by atomic mass is 32.2. The third-order valence-corrected chi connectivity index (χ3v) is 2.91. The summed E-state index contributed by atoms with van der Waals surface area (Å²) in [6, 6.07) is 8.37. The molecule has 0 fully saturated rings. The van der Waals surface area contributed by atoms with Crippen LogP contribution in [0.1, 0.15) is 5.56 Å². The Morgan fingerprint density at radius 1 is 1.38 bits per heavy atom. The molecule has 4 heteroatoms. The van der Waals surface area contributed by atoms with E-state index in [4.69, 9.17) is 4.74 Å². The number of thioether (sulfide) groups is 1. The molecule has 0 atom stereocenters. The van der Waals surface area contributed by atoms with E-state index in [2.05, 4.69) is 35.8 Å². The predicted octanol–water partition coefficient (Wildman–Crippen LogP) is 1.71. The molecule has 1 rings (SSSR count). The van der Waals surface area contributed by atoms with Crippen LogP contribution in [0.15, 0.2) is 29.2 Å². The number of carbonyl (C=O) groups excluding carboxylic acids is 1. The minimum atomic E-state index is -0.0665. The van der Waals surface area contributed by atoms with Crippen molar-refractivity contribution in [2.24, 2.45) is 0 Å². The normalized spacial score (nSPS) is 10.1. The van der Waals surface area contributed by atoms with Gasteiger partial charge in [-0.25, -0.2) is 0 Å². The molecular formula is C12H17NO2S. The van der Waals surface area contributed by atoms with E-state index in [1.165, 1.54) is 17.6 Å². The molecule has 1 amide bonds. The molecule has 3 nitrogen and oxygen atoms in total. The van der Waals surface area contributed by atoms with Gasteiger partial charge in [0.05, 0.1) is 0 Å². The van der Waals surface area contributed by atoms with Crippen LogP contribution in [0.3, 0.4) is 0 Å². The molecule has 1 aromatic carbocycles. The van der Waals surface area contributed by atoms with Gasteiger partial charge in [-0.2, -0.15) is 0 Å². The second-order valence-electron chi connectivity index (χ2n) is 3.38. The van der Waals surface area contributed by atoms with Gasteiger partial charge in [0.2, 0.25) is 5.91 Å². The van der Waals surface area contributed by atoms with Crippen molar-refractivity contribution in [2.75, 3.05) is 26.5 Å². The van der Waals surface area contributed by atoms with E-state index in [9.17, 15) is 4.79 Å². The molecule has 0 heterocycles. The van der Waals surface area contributed by atoms with Gasteiger partial charge in [-0.1, -0.05) is 12.1 Å². The van der Waals surface area contributed by atoms with Gasteiger partial charge >= 0.3 is 0 Å². The summed E-state index contributed by atoms with van der Waals surface area (Å²) in [5.41, 5.74) is 1.23. The summed E-state index contributed by atoms with van der Waals surface area (Å²) >= 11 is 1.73. The fraction of sp³-hybridized carbons (Fsp3) is 0.417. The number of hydrogen-bond donors (Lipinski definition) is 1. The molecule has 0 saturated heterocycles. The van der Waals surface area contributed by atoms with Crippen molar-refractivity contribution in [1.82, 2.24) is 5.32 Å². The van der Waals surface area contributed by atoms with Crippen LogP contribution in [0.5, 0.6) is 0 Å². The first-order valence-corrected chi connectivity index (χ1v) is 6.37. The standard InChI is InChI=1S/C12H17NO2S/c1-15-9-12(14)13-8-7-10-3-5-11(16-2)6-4-10/h3-6H,7-9H2,1-2H3,(H,13,14). The Morgan fingerprint density at radius 3 is 2.62 bits per heavy atom. The zero-order valence-corrected chi connectivity index (χ0v) is 10.5. The summed E-state index contributed by atoms with van der Waals surface area (Å²) in [5, 5.41) is 2.79. The molecule has 88 valence electrons. The quantitative estimate of drug-likeness (QED) is 0.768. The number of benzene rings is 1. The van der Waals surface area contributed by atoms with Gasteiger partial charge in [-0.05, 0) is 30.4 Å². The van der Waals surface area contributed by atoms with E-state index in [0.717, 1.165) is 6.42 Å². The van der Waals surface area contributed by atoms with E-state index in [1.807, 2.05) is 0 Å². The number of hydrogen-bond acceptors (Lipinski definition) is 3. The van der Waals surface area contributed by atoms with Crippen molar-refractivity contribution < 1.29 is 9.53 Å². The summed E-state index contributed by atoms with van der Waals surface area (Å²) in [4.78, 5) is 12.4. The number of nitrogens with one attached hydrogen (secondary N) is 1. The Balaban J connectivity index is 2.29. The molecule has 0 aliphatic heterocycles. The van der Waals surface area contributed by atoms with Crippen molar-refractivity contribution >= 4 is 17.7 Å². The number of amides is 1. The van der Waals surface area contributed by atoms with Gasteiger partial charge in [-0.15, -0.1) is 11.8 Å². The van der Waals surface area contributed by atoms with Gasteiger partial charge in [-0.3, -0.25) is 4.79 Å². The summed E-state index contributed by atoms with van der Waals surface area (Å²) in [6.07, 6.45) is 2.91. The molecule has 0 bridgehead atoms. The average Bonchev–Trinajstić information content (AvgIpc) is 2.30. The minimum Gasteiger partial charge on any atom is -0.375 e. The fourth-order valence-corrected chi connectivity index (χ4v) is 1.73. The van der Waals surface area contributed by atoms with E-state index in [1.54, 1.807) is 11.8 Å². The molecule has 0 aliphatic rings. The molecule has 0 spiro atoms. The maximum atomic E-state index is 11.1. The van der Waals surface area contributed by atoms with Crippen molar-refractivity contribution in [2.45, 2.75) is 11.3 Å². The number of rotatable bonds is 6. The van der Waals surface area contributed by atoms with E-state index in [0.29, 0.717) is 6.54 Å². The lowest BCUT2D eigenvalue weighted by Gasteiger charge is -2.05. The van der Waals surface area contributed by atoms with Crippen LogP contribution in [-0.2, 0) is 16.0 Å². The van der Waals surface area contributed by atoms with Gasteiger partial charge in [0.25, 0.3) is 0 Å². The Bertz CT molecular complexity index is 324. The zero-order valence-electron chi connectivity index (χ0n) is 9.66. The number of carbonyl (C=O) groups is 1. The SMILES string of the molecule is COCC(=O)NCCc1ccc(SC)cc1. The van der Waals surface area contributed by atoms with Gasteiger partial charge in [0, 0.05) is 18.6 Å². The van der Waals surface area contributed by atoms with Crippen LogP contribution in [0, 0.1) is 0 Å². The van der Waals surface area contributed by atoms with Crippen LogP contribution >= 0.6 is 11.8 Å². The zero-order chi connectivity index (χ0) is 11.8. The van der Waals surface area contributed by atoms with Crippen molar-refractivity contribution in [3.63, 3.8) is 0 Å². The maximum Gasteiger partial charge on any atom is 0.245 e. The molecule has 1 aromatic rings. The van der Waals surface area contributed by atoms with E-state index >= 15 is 0 Å². The highest BCUT2D eigenvalue weighted by Gasteiger charge is 1.99. The second-order valence-corrected chi connectivity index (χ2v) is 4.26. The summed E-state index contributed by atoms with van der Waals surface area (Å²) in [6.45, 7) is 0.784. The monoisotopic (exact) mass is 239 g/mol. The van der Waals surface area contributed by atoms with Crippen molar-refractivity contribution in [1.29, 1.82) is 0 Å². The summed E-state index contributed by atoms with van der Waals surface area (Å²) in [7, 11) is 1.51. The number of ether oxygens (including phenoxy) is 1. The van der Waals surface area contributed by atoms with Gasteiger partial charge in [0.15, 0.2) is 0 Å². The topological polar surface area (TPSA) is 38.3 Å². The Kier molecular flexibility index (Phi) is 5.96. The molecule has 0 unspecified atom stereocenters. The smallest absolute Gasteiger partial charge is 0.245 e. The van der Waals surface area contributed by atoms with Crippen molar-refractivity contribution in [3.8, 4) is 0 Å². The Hall–Kier alpha value is -1.00. The van der Waals surface area contributed by atoms with Gasteiger partial charge in [0.1, 0.15) is 6.61 Å². The average molecular weight is 239 g/mol. The summed E-state index contributed by atoms with van der Waals surface area (Å²) in [5.74, 6) is -0.0665. The lowest BCUT2D eigenvalue weighted by Crippen LogP contribution is -2.28. The predicted molar refractivity (Wildman–Crippen MR) is 66.8 cm³/mol. The minimum absolute atomic E-state index is 0.0665. The second kappa shape index (κ2) is 7.30. The van der Waals surface area contributed by atoms with Crippen LogP contribution < -0.4 is 5.32 Å². The molecule has 1 N–H and O–H groups in total. The van der Waals surface area contributed by atoms with Gasteiger partial charge < -0.3 is 10.1 Å². The lowest BCUT2D eigenvalue weighted by atomic mass is 10.1. The largest absolute Gasteiger partial charge is 0.375 e. The first-order valence-electron chi connectivity index (χ1n) is 5.15. The molecule has 0 saturated carbocycles. The molecule has 0 aliphatic carbocycles. The highest BCUT2D eigenvalue weighted by Crippen LogP contribution is 2.14. The van der Waals surface area contributed by atoms with Crippen LogP contribution in [0.2, 0.25) is 0 Å². The lowest BCUT2D eigenvalue weighted by molar-refractivity contribution is -0.124. The maximum absolute atomic E-state index is 11.1. The van der Waals surface area contributed by atoms with Crippen LogP contribution in [0.25, 0.3) is 0 Å². The van der Waals surface area contributed by atoms with Crippen LogP contribution in [0.4, 0.5) is 0 Å². The first kappa shape index (κ1) is 13.1. The molecule has 0 radical (unpaired) electrons. The Labute approximate surface area is 101 Å². The first-order chi connectivity index (χ1) is 7.76. The number of methoxy groups -OCH3 is 1. The molecular weight excluding hydrogens is 222 g/mol. The molecule has 16 heavy (non-hydrogen) atoms. The van der Waals surface area contributed by atoms with Crippen molar-refractivity contribution in [3.05, 3.63) is 29.8 Å². The summed E-state index contributed by atoms with van der Waals surface area (Å²) < 4.78 is 4.72. The fourth-order valence-electron chi connectivity index (χ4n) is 1.32. The third kappa shape index (κ3) is 4.68.